The van der Waals surface area contributed by atoms with Crippen LogP contribution in [0.3, 0.4) is 0 Å². The molecule has 0 radical (unpaired) electrons. The first-order valence-corrected chi connectivity index (χ1v) is 7.76. The zero-order valence-electron chi connectivity index (χ0n) is 11.8. The van der Waals surface area contributed by atoms with Gasteiger partial charge in [-0.3, -0.25) is 0 Å². The quantitative estimate of drug-likeness (QED) is 0.768. The van der Waals surface area contributed by atoms with Gasteiger partial charge in [0.05, 0.1) is 11.4 Å². The molecule has 1 unspecified atom stereocenters. The largest absolute Gasteiger partial charge is 0.334 e. The van der Waals surface area contributed by atoms with E-state index in [1.165, 1.54) is 16.3 Å². The molecule has 1 heterocycles. The Hall–Kier alpha value is -1.74. The highest BCUT2D eigenvalue weighted by Gasteiger charge is 2.18. The normalized spacial score (nSPS) is 14.6. The number of amidine groups is 1. The molecule has 3 rings (SSSR count). The third-order valence-corrected chi connectivity index (χ3v) is 4.96. The molecular weight excluding hydrogens is 264 g/mol. The molecule has 1 aliphatic heterocycles. The van der Waals surface area contributed by atoms with Gasteiger partial charge in [0, 0.05) is 10.6 Å². The van der Waals surface area contributed by atoms with Crippen molar-refractivity contribution in [3.8, 4) is 0 Å². The van der Waals surface area contributed by atoms with Gasteiger partial charge >= 0.3 is 0 Å². The van der Waals surface area contributed by atoms with Crippen LogP contribution in [0.4, 0.5) is 11.4 Å². The Morgan fingerprint density at radius 3 is 2.75 bits per heavy atom. The van der Waals surface area contributed by atoms with Crippen LogP contribution >= 0.6 is 11.8 Å². The Labute approximate surface area is 124 Å². The number of hydrogen-bond acceptors (Lipinski definition) is 3. The molecule has 1 aliphatic rings. The van der Waals surface area contributed by atoms with Crippen LogP contribution in [-0.4, -0.2) is 10.4 Å². The number of nitrogens with one attached hydrogen (secondary N) is 1. The summed E-state index contributed by atoms with van der Waals surface area (Å²) in [5.74, 6) is 0. The van der Waals surface area contributed by atoms with Crippen LogP contribution in [0, 0.1) is 0 Å². The number of anilines is 1. The van der Waals surface area contributed by atoms with Crippen molar-refractivity contribution < 1.29 is 0 Å². The minimum absolute atomic E-state index is 0.408. The van der Waals surface area contributed by atoms with Gasteiger partial charge in [0.25, 0.3) is 0 Å². The summed E-state index contributed by atoms with van der Waals surface area (Å²) in [5, 5.41) is 7.26. The average Bonchev–Trinajstić information content (AvgIpc) is 2.45. The monoisotopic (exact) mass is 282 g/mol. The SMILES string of the molecule is C=C(C)C(CC)SC1=Nc2cccc3cccc(c23)N1. The fourth-order valence-corrected chi connectivity index (χ4v) is 3.45. The topological polar surface area (TPSA) is 24.4 Å². The lowest BCUT2D eigenvalue weighted by Gasteiger charge is -2.21. The van der Waals surface area contributed by atoms with Gasteiger partial charge in [0.2, 0.25) is 0 Å². The minimum Gasteiger partial charge on any atom is -0.334 e. The minimum atomic E-state index is 0.408. The van der Waals surface area contributed by atoms with E-state index in [1.807, 2.05) is 0 Å². The first-order chi connectivity index (χ1) is 9.69. The third kappa shape index (κ3) is 2.34. The Balaban J connectivity index is 2.00. The van der Waals surface area contributed by atoms with Crippen LogP contribution in [0.15, 0.2) is 53.5 Å². The van der Waals surface area contributed by atoms with Crippen molar-refractivity contribution in [2.75, 3.05) is 5.32 Å². The lowest BCUT2D eigenvalue weighted by molar-refractivity contribution is 0.933. The Morgan fingerprint density at radius 2 is 2.05 bits per heavy atom. The summed E-state index contributed by atoms with van der Waals surface area (Å²) in [4.78, 5) is 4.76. The van der Waals surface area contributed by atoms with Crippen molar-refractivity contribution in [1.82, 2.24) is 0 Å². The zero-order valence-corrected chi connectivity index (χ0v) is 12.6. The van der Waals surface area contributed by atoms with E-state index in [4.69, 9.17) is 4.99 Å². The van der Waals surface area contributed by atoms with Gasteiger partial charge in [0.1, 0.15) is 0 Å². The van der Waals surface area contributed by atoms with Gasteiger partial charge in [-0.2, -0.15) is 0 Å². The molecule has 2 aromatic carbocycles. The maximum atomic E-state index is 4.76. The summed E-state index contributed by atoms with van der Waals surface area (Å²) in [6.07, 6.45) is 1.06. The Bertz CT molecular complexity index is 698. The molecule has 0 fully saturated rings. The second-order valence-corrected chi connectivity index (χ2v) is 6.28. The van der Waals surface area contributed by atoms with Crippen LogP contribution in [0.1, 0.15) is 20.3 Å². The van der Waals surface area contributed by atoms with E-state index >= 15 is 0 Å². The summed E-state index contributed by atoms with van der Waals surface area (Å²) in [6.45, 7) is 8.34. The smallest absolute Gasteiger partial charge is 0.166 e. The number of hydrogen-bond donors (Lipinski definition) is 1. The van der Waals surface area contributed by atoms with E-state index in [-0.39, 0.29) is 0 Å². The molecule has 3 heteroatoms. The maximum Gasteiger partial charge on any atom is 0.166 e. The summed E-state index contributed by atoms with van der Waals surface area (Å²) >= 11 is 1.76. The lowest BCUT2D eigenvalue weighted by Crippen LogP contribution is -2.16. The second kappa shape index (κ2) is 5.33. The number of rotatable bonds is 3. The molecule has 102 valence electrons. The van der Waals surface area contributed by atoms with E-state index in [2.05, 4.69) is 62.1 Å². The highest BCUT2D eigenvalue weighted by molar-refractivity contribution is 8.14. The Morgan fingerprint density at radius 1 is 1.30 bits per heavy atom. The third-order valence-electron chi connectivity index (χ3n) is 3.52. The molecule has 0 amide bonds. The van der Waals surface area contributed by atoms with Crippen LogP contribution in [0.25, 0.3) is 10.8 Å². The first-order valence-electron chi connectivity index (χ1n) is 6.88. The molecular formula is C17H18N2S. The van der Waals surface area contributed by atoms with Gasteiger partial charge in [-0.25, -0.2) is 4.99 Å². The summed E-state index contributed by atoms with van der Waals surface area (Å²) < 4.78 is 0. The van der Waals surface area contributed by atoms with Crippen molar-refractivity contribution in [3.63, 3.8) is 0 Å². The van der Waals surface area contributed by atoms with Gasteiger partial charge in [0.15, 0.2) is 5.17 Å². The van der Waals surface area contributed by atoms with Crippen LogP contribution < -0.4 is 5.32 Å². The summed E-state index contributed by atoms with van der Waals surface area (Å²) in [6, 6.07) is 12.6. The summed E-state index contributed by atoms with van der Waals surface area (Å²) in [7, 11) is 0. The highest BCUT2D eigenvalue weighted by Crippen LogP contribution is 2.38. The molecule has 0 aromatic heterocycles. The molecule has 2 aromatic rings. The van der Waals surface area contributed by atoms with Crippen molar-refractivity contribution in [2.45, 2.75) is 25.5 Å². The van der Waals surface area contributed by atoms with Crippen LogP contribution in [0.5, 0.6) is 0 Å². The fraction of sp³-hybridized carbons (Fsp3) is 0.235. The predicted molar refractivity (Wildman–Crippen MR) is 91.1 cm³/mol. The number of nitrogens with zero attached hydrogens (tertiary/aromatic N) is 1. The molecule has 0 bridgehead atoms. The van der Waals surface area contributed by atoms with Crippen molar-refractivity contribution in [1.29, 1.82) is 0 Å². The molecule has 1 N–H and O–H groups in total. The van der Waals surface area contributed by atoms with Gasteiger partial charge < -0.3 is 5.32 Å². The van der Waals surface area contributed by atoms with E-state index in [0.29, 0.717) is 5.25 Å². The van der Waals surface area contributed by atoms with Crippen LogP contribution in [0.2, 0.25) is 0 Å². The zero-order chi connectivity index (χ0) is 14.1. The van der Waals surface area contributed by atoms with Gasteiger partial charge in [-0.05, 0) is 30.9 Å². The van der Waals surface area contributed by atoms with Crippen LogP contribution in [-0.2, 0) is 0 Å². The maximum absolute atomic E-state index is 4.76. The predicted octanol–water partition coefficient (Wildman–Crippen LogP) is 5.34. The second-order valence-electron chi connectivity index (χ2n) is 5.08. The fourth-order valence-electron chi connectivity index (χ4n) is 2.49. The Kier molecular flexibility index (Phi) is 3.53. The van der Waals surface area contributed by atoms with E-state index in [1.54, 1.807) is 11.8 Å². The number of aliphatic imine (C=N–C) groups is 1. The average molecular weight is 282 g/mol. The standard InChI is InChI=1S/C17H18N2S/c1-4-15(11(2)3)20-17-18-13-9-5-7-12-8-6-10-14(19-17)16(12)13/h5-10,15H,2,4H2,1,3H3,(H,18,19). The molecule has 0 saturated heterocycles. The molecule has 20 heavy (non-hydrogen) atoms. The molecule has 0 spiro atoms. The lowest BCUT2D eigenvalue weighted by atomic mass is 10.1. The van der Waals surface area contributed by atoms with Crippen molar-refractivity contribution in [3.05, 3.63) is 48.6 Å². The number of benzene rings is 2. The van der Waals surface area contributed by atoms with E-state index in [9.17, 15) is 0 Å². The highest BCUT2D eigenvalue weighted by atomic mass is 32.2. The molecule has 1 atom stereocenters. The number of thioether (sulfide) groups is 1. The van der Waals surface area contributed by atoms with Gasteiger partial charge in [-0.15, -0.1) is 0 Å². The summed E-state index contributed by atoms with van der Waals surface area (Å²) in [5.41, 5.74) is 3.39. The van der Waals surface area contributed by atoms with Crippen molar-refractivity contribution in [2.24, 2.45) is 4.99 Å². The molecule has 0 aliphatic carbocycles. The van der Waals surface area contributed by atoms with Gasteiger partial charge in [-0.1, -0.05) is 55.1 Å². The van der Waals surface area contributed by atoms with Crippen molar-refractivity contribution >= 4 is 39.1 Å². The van der Waals surface area contributed by atoms with E-state index < -0.39 is 0 Å². The first kappa shape index (κ1) is 13.3. The van der Waals surface area contributed by atoms with E-state index in [0.717, 1.165) is 23.0 Å². The molecule has 0 saturated carbocycles. The molecule has 2 nitrogen and oxygen atoms in total.